The maximum Gasteiger partial charge on any atom is 0.314 e. The van der Waals surface area contributed by atoms with E-state index in [2.05, 4.69) is 10.1 Å². The van der Waals surface area contributed by atoms with Gasteiger partial charge >= 0.3 is 5.69 Å². The van der Waals surface area contributed by atoms with Crippen LogP contribution in [0.15, 0.2) is 47.0 Å². The lowest BCUT2D eigenvalue weighted by molar-refractivity contribution is -0.385. The highest BCUT2D eigenvalue weighted by Gasteiger charge is 2.17. The van der Waals surface area contributed by atoms with E-state index in [1.807, 2.05) is 0 Å². The van der Waals surface area contributed by atoms with Crippen LogP contribution in [-0.4, -0.2) is 15.1 Å². The van der Waals surface area contributed by atoms with Crippen molar-refractivity contribution in [1.82, 2.24) is 10.1 Å². The van der Waals surface area contributed by atoms with E-state index in [4.69, 9.17) is 9.26 Å². The Bertz CT molecular complexity index is 861. The van der Waals surface area contributed by atoms with Gasteiger partial charge in [-0.3, -0.25) is 10.1 Å². The molecule has 0 saturated carbocycles. The average Bonchev–Trinajstić information content (AvgIpc) is 2.96. The zero-order chi connectivity index (χ0) is 16.4. The molecule has 0 spiro atoms. The number of nitro groups is 1. The smallest absolute Gasteiger partial charge is 0.314 e. The summed E-state index contributed by atoms with van der Waals surface area (Å²) in [5.74, 6) is 0.499. The van der Waals surface area contributed by atoms with Crippen molar-refractivity contribution in [1.29, 1.82) is 0 Å². The van der Waals surface area contributed by atoms with Gasteiger partial charge in [0.1, 0.15) is 11.6 Å². The summed E-state index contributed by atoms with van der Waals surface area (Å²) in [4.78, 5) is 14.3. The molecule has 0 atom stereocenters. The molecule has 0 N–H and O–H groups in total. The molecule has 1 aromatic heterocycles. The van der Waals surface area contributed by atoms with Gasteiger partial charge in [0.15, 0.2) is 0 Å². The number of nitrogens with zero attached hydrogens (tertiary/aromatic N) is 3. The van der Waals surface area contributed by atoms with Gasteiger partial charge in [0.2, 0.25) is 17.5 Å². The number of rotatable bonds is 4. The first-order chi connectivity index (χ1) is 11.0. The molecule has 3 aromatic rings. The fourth-order valence-electron chi connectivity index (χ4n) is 1.94. The second kappa shape index (κ2) is 5.84. The Morgan fingerprint density at radius 3 is 2.57 bits per heavy atom. The molecule has 0 unspecified atom stereocenters. The van der Waals surface area contributed by atoms with E-state index in [1.54, 1.807) is 31.2 Å². The lowest BCUT2D eigenvalue weighted by Gasteiger charge is -2.06. The molecule has 0 radical (unpaired) electrons. The third-order valence-corrected chi connectivity index (χ3v) is 2.99. The predicted octanol–water partition coefficient (Wildman–Crippen LogP) is 3.88. The number of benzene rings is 2. The monoisotopic (exact) mass is 315 g/mol. The van der Waals surface area contributed by atoms with Crippen LogP contribution in [0, 0.1) is 22.9 Å². The minimum atomic E-state index is -0.702. The van der Waals surface area contributed by atoms with Crippen LogP contribution in [0.2, 0.25) is 0 Å². The van der Waals surface area contributed by atoms with Crippen LogP contribution in [-0.2, 0) is 0 Å². The Hall–Kier alpha value is -3.29. The summed E-state index contributed by atoms with van der Waals surface area (Å²) in [6.45, 7) is 1.68. The molecule has 2 aromatic carbocycles. The number of nitro benzene ring substituents is 1. The van der Waals surface area contributed by atoms with Gasteiger partial charge in [-0.15, -0.1) is 0 Å². The number of hydrogen-bond donors (Lipinski definition) is 0. The van der Waals surface area contributed by atoms with Crippen molar-refractivity contribution in [2.75, 3.05) is 0 Å². The van der Waals surface area contributed by atoms with Crippen LogP contribution in [0.3, 0.4) is 0 Å². The van der Waals surface area contributed by atoms with Crippen molar-refractivity contribution in [3.63, 3.8) is 0 Å². The third-order valence-electron chi connectivity index (χ3n) is 2.99. The fourth-order valence-corrected chi connectivity index (χ4v) is 1.94. The lowest BCUT2D eigenvalue weighted by atomic mass is 10.2. The molecule has 0 aliphatic heterocycles. The lowest BCUT2D eigenvalue weighted by Crippen LogP contribution is -1.94. The molecule has 7 nitrogen and oxygen atoms in total. The van der Waals surface area contributed by atoms with Crippen LogP contribution in [0.4, 0.5) is 10.1 Å². The highest BCUT2D eigenvalue weighted by atomic mass is 19.1. The Morgan fingerprint density at radius 1 is 1.22 bits per heavy atom. The Labute approximate surface area is 129 Å². The van der Waals surface area contributed by atoms with Crippen LogP contribution < -0.4 is 4.74 Å². The van der Waals surface area contributed by atoms with Gasteiger partial charge in [-0.05, 0) is 36.4 Å². The van der Waals surface area contributed by atoms with Crippen molar-refractivity contribution in [3.05, 3.63) is 64.3 Å². The second-order valence-electron chi connectivity index (χ2n) is 4.63. The van der Waals surface area contributed by atoms with Crippen molar-refractivity contribution in [2.45, 2.75) is 6.92 Å². The van der Waals surface area contributed by atoms with Gasteiger partial charge in [0.25, 0.3) is 0 Å². The summed E-state index contributed by atoms with van der Waals surface area (Å²) < 4.78 is 23.5. The average molecular weight is 315 g/mol. The molecule has 8 heteroatoms. The molecule has 3 rings (SSSR count). The molecule has 1 heterocycles. The number of ether oxygens (including phenoxy) is 1. The van der Waals surface area contributed by atoms with Gasteiger partial charge in [0, 0.05) is 12.5 Å². The van der Waals surface area contributed by atoms with E-state index in [9.17, 15) is 14.5 Å². The van der Waals surface area contributed by atoms with Gasteiger partial charge in [-0.2, -0.15) is 4.98 Å². The van der Waals surface area contributed by atoms with Gasteiger partial charge < -0.3 is 9.26 Å². The van der Waals surface area contributed by atoms with Crippen LogP contribution in [0.25, 0.3) is 11.4 Å². The summed E-state index contributed by atoms with van der Waals surface area (Å²) in [6, 6.07) is 9.71. The fraction of sp³-hybridized carbons (Fsp3) is 0.0667. The molecule has 0 aliphatic rings. The number of halogens is 1. The Balaban J connectivity index is 1.85. The highest BCUT2D eigenvalue weighted by Crippen LogP contribution is 2.32. The third kappa shape index (κ3) is 3.15. The summed E-state index contributed by atoms with van der Waals surface area (Å²) >= 11 is 0. The largest absolute Gasteiger partial charge is 0.450 e. The molecule has 0 amide bonds. The normalized spacial score (nSPS) is 10.5. The minimum absolute atomic E-state index is 0.0421. The van der Waals surface area contributed by atoms with Crippen molar-refractivity contribution < 1.29 is 18.6 Å². The number of hydrogen-bond acceptors (Lipinski definition) is 6. The minimum Gasteiger partial charge on any atom is -0.450 e. The van der Waals surface area contributed by atoms with Crippen LogP contribution in [0.1, 0.15) is 5.89 Å². The van der Waals surface area contributed by atoms with Crippen molar-refractivity contribution in [3.8, 4) is 22.9 Å². The summed E-state index contributed by atoms with van der Waals surface area (Å²) in [7, 11) is 0. The maximum atomic E-state index is 13.1. The number of aromatic nitrogens is 2. The van der Waals surface area contributed by atoms with E-state index in [0.29, 0.717) is 23.0 Å². The molecule has 116 valence electrons. The molecule has 23 heavy (non-hydrogen) atoms. The van der Waals surface area contributed by atoms with Gasteiger partial charge in [-0.1, -0.05) is 5.16 Å². The zero-order valence-electron chi connectivity index (χ0n) is 11.9. The highest BCUT2D eigenvalue weighted by molar-refractivity contribution is 5.56. The van der Waals surface area contributed by atoms with E-state index < -0.39 is 16.4 Å². The molecular formula is C15H10FN3O4. The van der Waals surface area contributed by atoms with Crippen LogP contribution >= 0.6 is 0 Å². The Kier molecular flexibility index (Phi) is 3.71. The SMILES string of the molecule is Cc1nc(-c2ccc(Oc3ccc(F)cc3[N+](=O)[O-])cc2)no1. The molecule has 0 saturated heterocycles. The molecule has 0 aliphatic carbocycles. The van der Waals surface area contributed by atoms with Gasteiger partial charge in [0.05, 0.1) is 11.0 Å². The Morgan fingerprint density at radius 2 is 1.96 bits per heavy atom. The number of aryl methyl sites for hydroxylation is 1. The zero-order valence-corrected chi connectivity index (χ0v) is 11.9. The maximum absolute atomic E-state index is 13.1. The van der Waals surface area contributed by atoms with Gasteiger partial charge in [-0.25, -0.2) is 4.39 Å². The first-order valence-electron chi connectivity index (χ1n) is 6.55. The van der Waals surface area contributed by atoms with E-state index in [0.717, 1.165) is 12.1 Å². The summed E-state index contributed by atoms with van der Waals surface area (Å²) in [6.07, 6.45) is 0. The second-order valence-corrected chi connectivity index (χ2v) is 4.63. The first kappa shape index (κ1) is 14.6. The quantitative estimate of drug-likeness (QED) is 0.536. The summed E-state index contributed by atoms with van der Waals surface area (Å²) in [5.41, 5.74) is 0.269. The van der Waals surface area contributed by atoms with Crippen molar-refractivity contribution in [2.24, 2.45) is 0 Å². The molecular weight excluding hydrogens is 305 g/mol. The van der Waals surface area contributed by atoms with E-state index >= 15 is 0 Å². The molecule has 0 bridgehead atoms. The summed E-state index contributed by atoms with van der Waals surface area (Å²) in [5, 5.41) is 14.7. The predicted molar refractivity (Wildman–Crippen MR) is 77.6 cm³/mol. The standard InChI is InChI=1S/C15H10FN3O4/c1-9-17-15(18-23-9)10-2-5-12(6-3-10)22-14-7-4-11(16)8-13(14)19(20)21/h2-8H,1H3. The van der Waals surface area contributed by atoms with E-state index in [1.165, 1.54) is 6.07 Å². The van der Waals surface area contributed by atoms with Crippen LogP contribution in [0.5, 0.6) is 11.5 Å². The van der Waals surface area contributed by atoms with Crippen molar-refractivity contribution >= 4 is 5.69 Å². The molecule has 0 fully saturated rings. The first-order valence-corrected chi connectivity index (χ1v) is 6.55. The topological polar surface area (TPSA) is 91.3 Å². The van der Waals surface area contributed by atoms with E-state index in [-0.39, 0.29) is 5.75 Å².